The monoisotopic (exact) mass is 445 g/mol. The van der Waals surface area contributed by atoms with Crippen LogP contribution in [0.3, 0.4) is 0 Å². The first-order chi connectivity index (χ1) is 15.0. The molecule has 1 aromatic rings. The fourth-order valence-corrected chi connectivity index (χ4v) is 6.91. The van der Waals surface area contributed by atoms with Gasteiger partial charge in [-0.3, -0.25) is 19.7 Å². The van der Waals surface area contributed by atoms with Gasteiger partial charge in [0.2, 0.25) is 11.8 Å². The summed E-state index contributed by atoms with van der Waals surface area (Å²) in [6.07, 6.45) is 9.58. The topological polar surface area (TPSA) is 92.6 Å². The Kier molecular flexibility index (Phi) is 6.84. The summed E-state index contributed by atoms with van der Waals surface area (Å²) in [5.41, 5.74) is 0.0113. The van der Waals surface area contributed by atoms with E-state index in [1.807, 2.05) is 4.90 Å². The van der Waals surface area contributed by atoms with Crippen LogP contribution in [0, 0.1) is 10.1 Å². The van der Waals surface area contributed by atoms with Gasteiger partial charge in [-0.2, -0.15) is 11.8 Å². The lowest BCUT2D eigenvalue weighted by Gasteiger charge is -2.49. The minimum absolute atomic E-state index is 0.00811. The number of thioether (sulfide) groups is 1. The summed E-state index contributed by atoms with van der Waals surface area (Å²) >= 11 is 1.77. The molecule has 7 nitrogen and oxygen atoms in total. The second-order valence-corrected chi connectivity index (χ2v) is 10.3. The number of rotatable bonds is 5. The van der Waals surface area contributed by atoms with Crippen molar-refractivity contribution in [2.75, 3.05) is 5.75 Å². The number of amides is 2. The van der Waals surface area contributed by atoms with Crippen LogP contribution in [0.1, 0.15) is 69.8 Å². The summed E-state index contributed by atoms with van der Waals surface area (Å²) < 4.78 is 0. The lowest BCUT2D eigenvalue weighted by molar-refractivity contribution is -0.384. The van der Waals surface area contributed by atoms with Crippen LogP contribution in [0.25, 0.3) is 0 Å². The van der Waals surface area contributed by atoms with Crippen LogP contribution in [0.15, 0.2) is 24.3 Å². The van der Waals surface area contributed by atoms with Crippen molar-refractivity contribution in [2.24, 2.45) is 0 Å². The van der Waals surface area contributed by atoms with Crippen LogP contribution in [-0.4, -0.2) is 44.2 Å². The molecule has 1 heterocycles. The Hall–Kier alpha value is -2.09. The molecule has 1 aromatic carbocycles. The van der Waals surface area contributed by atoms with Crippen molar-refractivity contribution in [1.29, 1.82) is 0 Å². The molecule has 3 aliphatic rings. The lowest BCUT2D eigenvalue weighted by Crippen LogP contribution is -2.66. The molecule has 1 N–H and O–H groups in total. The molecule has 1 aliphatic heterocycles. The highest BCUT2D eigenvalue weighted by atomic mass is 32.2. The van der Waals surface area contributed by atoms with Crippen molar-refractivity contribution in [1.82, 2.24) is 10.2 Å². The van der Waals surface area contributed by atoms with Crippen molar-refractivity contribution in [3.8, 4) is 0 Å². The Morgan fingerprint density at radius 1 is 1.13 bits per heavy atom. The molecule has 2 atom stereocenters. The number of hydrogen-bond acceptors (Lipinski definition) is 5. The third-order valence-electron chi connectivity index (χ3n) is 7.05. The molecule has 2 amide bonds. The predicted molar refractivity (Wildman–Crippen MR) is 121 cm³/mol. The first-order valence-electron chi connectivity index (χ1n) is 11.5. The fraction of sp³-hybridized carbons (Fsp3) is 0.652. The minimum Gasteiger partial charge on any atom is -0.351 e. The number of nitrogens with zero attached hydrogens (tertiary/aromatic N) is 2. The molecular weight excluding hydrogens is 414 g/mol. The zero-order valence-electron chi connectivity index (χ0n) is 17.9. The number of nitro groups is 1. The quantitative estimate of drug-likeness (QED) is 0.542. The normalized spacial score (nSPS) is 27.3. The van der Waals surface area contributed by atoms with Gasteiger partial charge in [-0.05, 0) is 31.2 Å². The molecule has 0 radical (unpaired) electrons. The van der Waals surface area contributed by atoms with Gasteiger partial charge in [0.25, 0.3) is 5.69 Å². The second-order valence-electron chi connectivity index (χ2n) is 8.99. The number of nitrogens with one attached hydrogen (secondary N) is 1. The van der Waals surface area contributed by atoms with Crippen LogP contribution in [0.2, 0.25) is 0 Å². The van der Waals surface area contributed by atoms with Crippen LogP contribution >= 0.6 is 11.8 Å². The van der Waals surface area contributed by atoms with E-state index in [1.54, 1.807) is 23.9 Å². The molecule has 0 unspecified atom stereocenters. The van der Waals surface area contributed by atoms with Gasteiger partial charge in [-0.1, -0.05) is 44.2 Å². The summed E-state index contributed by atoms with van der Waals surface area (Å²) in [5.74, 6) is 0.751. The smallest absolute Gasteiger partial charge is 0.269 e. The molecule has 31 heavy (non-hydrogen) atoms. The number of non-ortho nitro benzene ring substituents is 1. The summed E-state index contributed by atoms with van der Waals surface area (Å²) in [7, 11) is 0. The Morgan fingerprint density at radius 3 is 2.55 bits per heavy atom. The Labute approximate surface area is 187 Å². The van der Waals surface area contributed by atoms with Gasteiger partial charge >= 0.3 is 0 Å². The average Bonchev–Trinajstić information content (AvgIpc) is 2.92. The number of fused-ring (bicyclic) bond motifs is 1. The van der Waals surface area contributed by atoms with Crippen LogP contribution in [0.4, 0.5) is 5.69 Å². The van der Waals surface area contributed by atoms with E-state index in [0.717, 1.165) is 56.3 Å². The van der Waals surface area contributed by atoms with Crippen LogP contribution in [0.5, 0.6) is 0 Å². The van der Waals surface area contributed by atoms with E-state index in [1.165, 1.54) is 18.6 Å². The third kappa shape index (κ3) is 4.59. The number of benzene rings is 1. The maximum absolute atomic E-state index is 13.9. The molecule has 2 saturated carbocycles. The highest BCUT2D eigenvalue weighted by molar-refractivity contribution is 8.00. The molecule has 4 rings (SSSR count). The zero-order chi connectivity index (χ0) is 21.8. The van der Waals surface area contributed by atoms with Crippen molar-refractivity contribution in [3.63, 3.8) is 0 Å². The van der Waals surface area contributed by atoms with Crippen molar-refractivity contribution in [2.45, 2.75) is 87.6 Å². The maximum Gasteiger partial charge on any atom is 0.269 e. The minimum atomic E-state index is -0.838. The van der Waals surface area contributed by atoms with Gasteiger partial charge in [0.15, 0.2) is 0 Å². The highest BCUT2D eigenvalue weighted by Gasteiger charge is 2.54. The first kappa shape index (κ1) is 22.1. The molecular formula is C23H31N3O4S. The SMILES string of the molecule is O=C1CCS[C@@H]2CCCC[C@@]2(C(=O)NC2CCCCC2)N1Cc1ccc([N+](=O)[O-])cc1. The van der Waals surface area contributed by atoms with E-state index in [9.17, 15) is 19.7 Å². The van der Waals surface area contributed by atoms with Crippen molar-refractivity contribution in [3.05, 3.63) is 39.9 Å². The standard InChI is InChI=1S/C23H31N3O4S/c27-21-13-15-31-20-8-4-5-14-23(20,22(28)24-18-6-2-1-3-7-18)25(21)16-17-9-11-19(12-10-17)26(29)30/h9-12,18,20H,1-8,13-16H2,(H,24,28)/t20-,23-/m1/s1. The van der Waals surface area contributed by atoms with Crippen LogP contribution in [-0.2, 0) is 16.1 Å². The van der Waals surface area contributed by atoms with E-state index in [2.05, 4.69) is 5.32 Å². The molecule has 0 bridgehead atoms. The van der Waals surface area contributed by atoms with Gasteiger partial charge in [-0.25, -0.2) is 0 Å². The number of nitro benzene ring substituents is 1. The average molecular weight is 446 g/mol. The molecule has 8 heteroatoms. The van der Waals surface area contributed by atoms with Gasteiger partial charge in [-0.15, -0.1) is 0 Å². The van der Waals surface area contributed by atoms with Gasteiger partial charge in [0, 0.05) is 42.1 Å². The van der Waals surface area contributed by atoms with E-state index < -0.39 is 10.5 Å². The lowest BCUT2D eigenvalue weighted by atomic mass is 9.77. The molecule has 168 valence electrons. The fourth-order valence-electron chi connectivity index (χ4n) is 5.37. The van der Waals surface area contributed by atoms with E-state index in [-0.39, 0.29) is 28.8 Å². The summed E-state index contributed by atoms with van der Waals surface area (Å²) in [5, 5.41) is 14.4. The van der Waals surface area contributed by atoms with Crippen LogP contribution < -0.4 is 5.32 Å². The molecule has 0 spiro atoms. The largest absolute Gasteiger partial charge is 0.351 e. The molecule has 2 aliphatic carbocycles. The highest BCUT2D eigenvalue weighted by Crippen LogP contribution is 2.44. The van der Waals surface area contributed by atoms with Gasteiger partial charge in [0.05, 0.1) is 4.92 Å². The Morgan fingerprint density at radius 2 is 1.84 bits per heavy atom. The van der Waals surface area contributed by atoms with Crippen molar-refractivity contribution >= 4 is 29.3 Å². The predicted octanol–water partition coefficient (Wildman–Crippen LogP) is 4.19. The van der Waals surface area contributed by atoms with E-state index >= 15 is 0 Å². The maximum atomic E-state index is 13.9. The van der Waals surface area contributed by atoms with Crippen molar-refractivity contribution < 1.29 is 14.5 Å². The summed E-state index contributed by atoms with van der Waals surface area (Å²) in [6.45, 7) is 0.311. The van der Waals surface area contributed by atoms with Gasteiger partial charge < -0.3 is 10.2 Å². The molecule has 3 fully saturated rings. The summed E-state index contributed by atoms with van der Waals surface area (Å²) in [4.78, 5) is 39.5. The number of hydrogen-bond donors (Lipinski definition) is 1. The third-order valence-corrected chi connectivity index (χ3v) is 8.51. The Balaban J connectivity index is 1.65. The van der Waals surface area contributed by atoms with E-state index in [0.29, 0.717) is 19.4 Å². The Bertz CT molecular complexity index is 825. The number of carbonyl (C=O) groups excluding carboxylic acids is 2. The van der Waals surface area contributed by atoms with Gasteiger partial charge in [0.1, 0.15) is 5.54 Å². The molecule has 0 aromatic heterocycles. The first-order valence-corrected chi connectivity index (χ1v) is 12.5. The van der Waals surface area contributed by atoms with E-state index in [4.69, 9.17) is 0 Å². The summed E-state index contributed by atoms with van der Waals surface area (Å²) in [6, 6.07) is 6.55. The number of carbonyl (C=O) groups is 2. The zero-order valence-corrected chi connectivity index (χ0v) is 18.7. The second kappa shape index (κ2) is 9.59. The molecule has 1 saturated heterocycles.